The molecule has 0 aliphatic rings. The van der Waals surface area contributed by atoms with Crippen LogP contribution in [-0.4, -0.2) is 52.7 Å². The maximum absolute atomic E-state index is 12.4. The molecule has 0 saturated heterocycles. The first-order valence-corrected chi connectivity index (χ1v) is 10.8. The largest absolute Gasteiger partial charge is 0.493 e. The highest BCUT2D eigenvalue weighted by molar-refractivity contribution is 7.99. The van der Waals surface area contributed by atoms with Crippen LogP contribution in [-0.2, 0) is 11.3 Å². The molecule has 3 rings (SSSR count). The van der Waals surface area contributed by atoms with Crippen molar-refractivity contribution in [1.82, 2.24) is 14.8 Å². The number of rotatable bonds is 10. The molecule has 1 N–H and O–H groups in total. The van der Waals surface area contributed by atoms with Crippen molar-refractivity contribution in [3.05, 3.63) is 46.5 Å². The molecule has 0 fully saturated rings. The second-order valence-corrected chi connectivity index (χ2v) is 7.52. The predicted molar refractivity (Wildman–Crippen MR) is 123 cm³/mol. The Morgan fingerprint density at radius 2 is 1.79 bits per heavy atom. The molecular formula is C21H23N5O6S. The average molecular weight is 474 g/mol. The molecule has 3 aromatic rings. The van der Waals surface area contributed by atoms with Gasteiger partial charge in [0.15, 0.2) is 22.5 Å². The van der Waals surface area contributed by atoms with Gasteiger partial charge in [-0.05, 0) is 25.1 Å². The number of carbonyl (C=O) groups excluding carboxylic acids is 1. The van der Waals surface area contributed by atoms with Gasteiger partial charge in [-0.15, -0.1) is 10.2 Å². The summed E-state index contributed by atoms with van der Waals surface area (Å²) in [7, 11) is 4.59. The zero-order valence-corrected chi connectivity index (χ0v) is 19.3. The minimum absolute atomic E-state index is 0.000559. The number of hydrogen-bond donors (Lipinski definition) is 1. The van der Waals surface area contributed by atoms with Gasteiger partial charge in [-0.25, -0.2) is 0 Å². The Labute approximate surface area is 194 Å². The van der Waals surface area contributed by atoms with Gasteiger partial charge in [0, 0.05) is 18.2 Å². The molecular weight excluding hydrogens is 450 g/mol. The highest BCUT2D eigenvalue weighted by Gasteiger charge is 2.20. The summed E-state index contributed by atoms with van der Waals surface area (Å²) in [4.78, 5) is 23.0. The van der Waals surface area contributed by atoms with Crippen molar-refractivity contribution in [2.45, 2.75) is 18.6 Å². The lowest BCUT2D eigenvalue weighted by molar-refractivity contribution is -0.383. The fourth-order valence-electron chi connectivity index (χ4n) is 3.16. The molecule has 0 aliphatic heterocycles. The van der Waals surface area contributed by atoms with E-state index in [0.717, 1.165) is 0 Å². The highest BCUT2D eigenvalue weighted by Crippen LogP contribution is 2.41. The van der Waals surface area contributed by atoms with Crippen LogP contribution in [0, 0.1) is 10.1 Å². The summed E-state index contributed by atoms with van der Waals surface area (Å²) in [5, 5.41) is 22.7. The molecule has 33 heavy (non-hydrogen) atoms. The molecule has 2 aromatic carbocycles. The van der Waals surface area contributed by atoms with E-state index in [1.807, 2.05) is 11.5 Å². The molecule has 1 aromatic heterocycles. The molecule has 1 heterocycles. The van der Waals surface area contributed by atoms with Gasteiger partial charge in [0.05, 0.1) is 32.0 Å². The van der Waals surface area contributed by atoms with Gasteiger partial charge < -0.3 is 24.1 Å². The Morgan fingerprint density at radius 3 is 2.36 bits per heavy atom. The standard InChI is InChI=1S/C21H23N5O6S/c1-5-25-20(13-10-16(30-2)19(32-4)17(11-13)31-3)23-24-21(25)33-12-18(27)22-14-8-6-7-9-15(14)26(28)29/h6-11H,5,12H2,1-4H3,(H,22,27). The van der Waals surface area contributed by atoms with Gasteiger partial charge in [0.2, 0.25) is 11.7 Å². The summed E-state index contributed by atoms with van der Waals surface area (Å²) in [6.07, 6.45) is 0. The molecule has 12 heteroatoms. The molecule has 0 bridgehead atoms. The monoisotopic (exact) mass is 473 g/mol. The average Bonchev–Trinajstić information content (AvgIpc) is 3.24. The van der Waals surface area contributed by atoms with Crippen LogP contribution in [0.15, 0.2) is 41.6 Å². The van der Waals surface area contributed by atoms with E-state index in [1.165, 1.54) is 51.3 Å². The fourth-order valence-corrected chi connectivity index (χ4v) is 3.96. The lowest BCUT2D eigenvalue weighted by Gasteiger charge is -2.14. The first-order chi connectivity index (χ1) is 15.9. The number of carbonyl (C=O) groups is 1. The van der Waals surface area contributed by atoms with Crippen molar-refractivity contribution in [2.24, 2.45) is 0 Å². The number of thioether (sulfide) groups is 1. The van der Waals surface area contributed by atoms with Gasteiger partial charge in [-0.3, -0.25) is 14.9 Å². The van der Waals surface area contributed by atoms with Crippen molar-refractivity contribution in [3.63, 3.8) is 0 Å². The minimum atomic E-state index is -0.542. The summed E-state index contributed by atoms with van der Waals surface area (Å²) in [6.45, 7) is 2.48. The predicted octanol–water partition coefficient (Wildman–Crippen LogP) is 3.63. The number of ether oxygens (including phenoxy) is 3. The number of aromatic nitrogens is 3. The van der Waals surface area contributed by atoms with Crippen LogP contribution in [0.4, 0.5) is 11.4 Å². The lowest BCUT2D eigenvalue weighted by Crippen LogP contribution is -2.15. The van der Waals surface area contributed by atoms with E-state index < -0.39 is 10.8 Å². The van der Waals surface area contributed by atoms with E-state index in [2.05, 4.69) is 15.5 Å². The summed E-state index contributed by atoms with van der Waals surface area (Å²) in [5.74, 6) is 1.60. The number of nitro groups is 1. The molecule has 0 spiro atoms. The topological polar surface area (TPSA) is 131 Å². The smallest absolute Gasteiger partial charge is 0.292 e. The molecule has 0 saturated carbocycles. The van der Waals surface area contributed by atoms with Crippen LogP contribution < -0.4 is 19.5 Å². The van der Waals surface area contributed by atoms with Gasteiger partial charge in [-0.2, -0.15) is 0 Å². The third-order valence-corrected chi connectivity index (χ3v) is 5.63. The second-order valence-electron chi connectivity index (χ2n) is 6.58. The van der Waals surface area contributed by atoms with Crippen LogP contribution in [0.2, 0.25) is 0 Å². The van der Waals surface area contributed by atoms with Crippen molar-refractivity contribution in [2.75, 3.05) is 32.4 Å². The number of benzene rings is 2. The van der Waals surface area contributed by atoms with E-state index in [1.54, 1.807) is 18.2 Å². The number of nitro benzene ring substituents is 1. The quantitative estimate of drug-likeness (QED) is 0.266. The van der Waals surface area contributed by atoms with E-state index in [-0.39, 0.29) is 17.1 Å². The second kappa shape index (κ2) is 10.7. The molecule has 0 aliphatic carbocycles. The molecule has 174 valence electrons. The Hall–Kier alpha value is -3.80. The van der Waals surface area contributed by atoms with Crippen LogP contribution in [0.25, 0.3) is 11.4 Å². The van der Waals surface area contributed by atoms with Gasteiger partial charge in [-0.1, -0.05) is 23.9 Å². The van der Waals surface area contributed by atoms with Gasteiger partial charge >= 0.3 is 0 Å². The summed E-state index contributed by atoms with van der Waals surface area (Å²) >= 11 is 1.18. The molecule has 0 radical (unpaired) electrons. The van der Waals surface area contributed by atoms with Crippen LogP contribution in [0.3, 0.4) is 0 Å². The maximum Gasteiger partial charge on any atom is 0.292 e. The van der Waals surface area contributed by atoms with E-state index in [0.29, 0.717) is 40.3 Å². The SMILES string of the molecule is CCn1c(SCC(=O)Nc2ccccc2[N+](=O)[O-])nnc1-c1cc(OC)c(OC)c(OC)c1. The van der Waals surface area contributed by atoms with Gasteiger partial charge in [0.1, 0.15) is 5.69 Å². The summed E-state index contributed by atoms with van der Waals surface area (Å²) < 4.78 is 18.0. The number of para-hydroxylation sites is 2. The number of hydrogen-bond acceptors (Lipinski definition) is 9. The number of nitrogens with zero attached hydrogens (tertiary/aromatic N) is 4. The maximum atomic E-state index is 12.4. The van der Waals surface area contributed by atoms with Crippen molar-refractivity contribution < 1.29 is 23.9 Å². The van der Waals surface area contributed by atoms with E-state index >= 15 is 0 Å². The third kappa shape index (κ3) is 5.17. The highest BCUT2D eigenvalue weighted by atomic mass is 32.2. The van der Waals surface area contributed by atoms with Crippen molar-refractivity contribution in [1.29, 1.82) is 0 Å². The number of nitrogens with one attached hydrogen (secondary N) is 1. The van der Waals surface area contributed by atoms with Crippen molar-refractivity contribution in [3.8, 4) is 28.6 Å². The molecule has 0 unspecified atom stereocenters. The van der Waals surface area contributed by atoms with E-state index in [4.69, 9.17) is 14.2 Å². The fraction of sp³-hybridized carbons (Fsp3) is 0.286. The van der Waals surface area contributed by atoms with Crippen LogP contribution >= 0.6 is 11.8 Å². The Morgan fingerprint density at radius 1 is 1.12 bits per heavy atom. The Bertz CT molecular complexity index is 1140. The van der Waals surface area contributed by atoms with Gasteiger partial charge in [0.25, 0.3) is 5.69 Å². The Balaban J connectivity index is 1.81. The minimum Gasteiger partial charge on any atom is -0.493 e. The zero-order chi connectivity index (χ0) is 24.0. The van der Waals surface area contributed by atoms with Crippen LogP contribution in [0.1, 0.15) is 6.92 Å². The summed E-state index contributed by atoms with van der Waals surface area (Å²) in [6, 6.07) is 9.52. The molecule has 1 amide bonds. The summed E-state index contributed by atoms with van der Waals surface area (Å²) in [5.41, 5.74) is 0.676. The lowest BCUT2D eigenvalue weighted by atomic mass is 10.1. The molecule has 0 atom stereocenters. The van der Waals surface area contributed by atoms with Crippen molar-refractivity contribution >= 4 is 29.0 Å². The third-order valence-electron chi connectivity index (χ3n) is 4.66. The normalized spacial score (nSPS) is 10.5. The first kappa shape index (κ1) is 23.9. The number of anilines is 1. The number of amides is 1. The Kier molecular flexibility index (Phi) is 7.72. The zero-order valence-electron chi connectivity index (χ0n) is 18.5. The first-order valence-electron chi connectivity index (χ1n) is 9.83. The van der Waals surface area contributed by atoms with E-state index in [9.17, 15) is 14.9 Å². The van der Waals surface area contributed by atoms with Crippen LogP contribution in [0.5, 0.6) is 17.2 Å². The number of methoxy groups -OCH3 is 3. The molecule has 11 nitrogen and oxygen atoms in total.